The van der Waals surface area contributed by atoms with Crippen LogP contribution in [0.1, 0.15) is 29.6 Å². The second-order valence-corrected chi connectivity index (χ2v) is 5.33. The summed E-state index contributed by atoms with van der Waals surface area (Å²) in [5.74, 6) is -0.936. The minimum absolute atomic E-state index is 0.00966. The number of carbonyl (C=O) groups is 2. The van der Waals surface area contributed by atoms with E-state index in [-0.39, 0.29) is 6.10 Å². The summed E-state index contributed by atoms with van der Waals surface area (Å²) in [6.07, 6.45) is 3.10. The topological polar surface area (TPSA) is 46.6 Å². The van der Waals surface area contributed by atoms with Gasteiger partial charge in [0.25, 0.3) is 11.7 Å². The Morgan fingerprint density at radius 3 is 2.89 bits per heavy atom. The number of benzene rings is 1. The molecule has 1 fully saturated rings. The smallest absolute Gasteiger partial charge is 0.299 e. The van der Waals surface area contributed by atoms with E-state index in [1.807, 2.05) is 0 Å². The minimum atomic E-state index is -0.480. The summed E-state index contributed by atoms with van der Waals surface area (Å²) in [5.41, 5.74) is 1.04. The molecule has 0 aliphatic carbocycles. The molecule has 0 N–H and O–H groups in total. The molecule has 3 rings (SSSR count). The maximum absolute atomic E-state index is 12.0. The molecule has 2 aliphatic heterocycles. The minimum Gasteiger partial charge on any atom is -0.376 e. The highest BCUT2D eigenvalue weighted by Crippen LogP contribution is 2.32. The number of fused-ring (bicyclic) bond motifs is 1. The van der Waals surface area contributed by atoms with Gasteiger partial charge in [0.2, 0.25) is 0 Å². The molecule has 100 valence electrons. The summed E-state index contributed by atoms with van der Waals surface area (Å²) in [6.45, 7) is 1.15. The van der Waals surface area contributed by atoms with Crippen molar-refractivity contribution >= 4 is 29.0 Å². The lowest BCUT2D eigenvalue weighted by atomic mass is 10.1. The number of ketones is 1. The number of ether oxygens (including phenoxy) is 1. The van der Waals surface area contributed by atoms with Gasteiger partial charge in [-0.2, -0.15) is 0 Å². The van der Waals surface area contributed by atoms with E-state index in [9.17, 15) is 9.59 Å². The Labute approximate surface area is 116 Å². The summed E-state index contributed by atoms with van der Waals surface area (Å²) in [4.78, 5) is 25.4. The lowest BCUT2D eigenvalue weighted by Crippen LogP contribution is -2.39. The molecule has 0 spiro atoms. The van der Waals surface area contributed by atoms with Crippen LogP contribution in [0.5, 0.6) is 0 Å². The standard InChI is InChI=1S/C14H14ClNO3/c15-9-4-5-11-12(7-9)16(14(18)13(11)17)8-10-3-1-2-6-19-10/h4-5,7,10H,1-3,6,8H2. The molecule has 4 nitrogen and oxygen atoms in total. The van der Waals surface area contributed by atoms with Crippen LogP contribution in [0.25, 0.3) is 0 Å². The number of amides is 1. The molecule has 0 radical (unpaired) electrons. The van der Waals surface area contributed by atoms with Gasteiger partial charge < -0.3 is 9.64 Å². The largest absolute Gasteiger partial charge is 0.376 e. The summed E-state index contributed by atoms with van der Waals surface area (Å²) in [7, 11) is 0. The van der Waals surface area contributed by atoms with Crippen molar-refractivity contribution in [2.75, 3.05) is 18.1 Å². The predicted octanol–water partition coefficient (Wildman–Crippen LogP) is 2.44. The maximum atomic E-state index is 12.0. The van der Waals surface area contributed by atoms with Crippen LogP contribution >= 0.6 is 11.6 Å². The van der Waals surface area contributed by atoms with E-state index in [2.05, 4.69) is 0 Å². The number of carbonyl (C=O) groups excluding carboxylic acids is 2. The third-order valence-electron chi connectivity index (χ3n) is 3.59. The molecular formula is C14H14ClNO3. The first kappa shape index (κ1) is 12.6. The van der Waals surface area contributed by atoms with Crippen LogP contribution in [0.3, 0.4) is 0 Å². The van der Waals surface area contributed by atoms with Crippen molar-refractivity contribution in [3.05, 3.63) is 28.8 Å². The highest BCUT2D eigenvalue weighted by atomic mass is 35.5. The van der Waals surface area contributed by atoms with Crippen molar-refractivity contribution in [1.29, 1.82) is 0 Å². The van der Waals surface area contributed by atoms with Gasteiger partial charge in [0.05, 0.1) is 23.9 Å². The van der Waals surface area contributed by atoms with E-state index < -0.39 is 11.7 Å². The lowest BCUT2D eigenvalue weighted by Gasteiger charge is -2.27. The van der Waals surface area contributed by atoms with E-state index in [0.29, 0.717) is 22.8 Å². The Balaban J connectivity index is 1.87. The van der Waals surface area contributed by atoms with Gasteiger partial charge in [-0.15, -0.1) is 0 Å². The molecule has 1 aromatic carbocycles. The van der Waals surface area contributed by atoms with Gasteiger partial charge in [0, 0.05) is 11.6 Å². The third-order valence-corrected chi connectivity index (χ3v) is 3.83. The average molecular weight is 280 g/mol. The molecule has 1 atom stereocenters. The number of hydrogen-bond donors (Lipinski definition) is 0. The quantitative estimate of drug-likeness (QED) is 0.781. The third kappa shape index (κ3) is 2.26. The van der Waals surface area contributed by atoms with Gasteiger partial charge >= 0.3 is 0 Å². The summed E-state index contributed by atoms with van der Waals surface area (Å²) >= 11 is 5.95. The highest BCUT2D eigenvalue weighted by Gasteiger charge is 2.37. The molecule has 1 amide bonds. The zero-order valence-corrected chi connectivity index (χ0v) is 11.2. The Bertz CT molecular complexity index is 537. The zero-order valence-electron chi connectivity index (χ0n) is 10.4. The lowest BCUT2D eigenvalue weighted by molar-refractivity contribution is -0.114. The van der Waals surface area contributed by atoms with Crippen LogP contribution < -0.4 is 4.90 Å². The predicted molar refractivity (Wildman–Crippen MR) is 71.7 cm³/mol. The van der Waals surface area contributed by atoms with Crippen LogP contribution in [-0.2, 0) is 9.53 Å². The van der Waals surface area contributed by atoms with E-state index >= 15 is 0 Å². The maximum Gasteiger partial charge on any atom is 0.299 e. The van der Waals surface area contributed by atoms with Crippen LogP contribution in [-0.4, -0.2) is 30.9 Å². The Kier molecular flexibility index (Phi) is 3.29. The zero-order chi connectivity index (χ0) is 13.4. The summed E-state index contributed by atoms with van der Waals surface area (Å²) in [6, 6.07) is 4.91. The van der Waals surface area contributed by atoms with E-state index in [4.69, 9.17) is 16.3 Å². The van der Waals surface area contributed by atoms with Crippen molar-refractivity contribution in [3.63, 3.8) is 0 Å². The van der Waals surface area contributed by atoms with Crippen molar-refractivity contribution in [1.82, 2.24) is 0 Å². The molecule has 2 aliphatic rings. The molecular weight excluding hydrogens is 266 g/mol. The fourth-order valence-electron chi connectivity index (χ4n) is 2.60. The number of halogens is 1. The molecule has 2 heterocycles. The average Bonchev–Trinajstić information content (AvgIpc) is 2.65. The van der Waals surface area contributed by atoms with E-state index in [0.717, 1.165) is 25.9 Å². The number of rotatable bonds is 2. The molecule has 5 heteroatoms. The second kappa shape index (κ2) is 4.94. The fraction of sp³-hybridized carbons (Fsp3) is 0.429. The Hall–Kier alpha value is -1.39. The summed E-state index contributed by atoms with van der Waals surface area (Å²) < 4.78 is 5.63. The first-order chi connectivity index (χ1) is 9.16. The molecule has 0 aromatic heterocycles. The van der Waals surface area contributed by atoms with Crippen LogP contribution in [0.2, 0.25) is 5.02 Å². The summed E-state index contributed by atoms with van der Waals surface area (Å²) in [5, 5.41) is 0.524. The van der Waals surface area contributed by atoms with Gasteiger partial charge in [-0.1, -0.05) is 11.6 Å². The number of Topliss-reactive ketones (excluding diaryl/α,β-unsaturated/α-hetero) is 1. The fourth-order valence-corrected chi connectivity index (χ4v) is 2.77. The van der Waals surface area contributed by atoms with Crippen molar-refractivity contribution < 1.29 is 14.3 Å². The van der Waals surface area contributed by atoms with Gasteiger partial charge in [-0.05, 0) is 37.5 Å². The Morgan fingerprint density at radius 1 is 1.32 bits per heavy atom. The molecule has 1 aromatic rings. The molecule has 1 saturated heterocycles. The highest BCUT2D eigenvalue weighted by molar-refractivity contribution is 6.52. The number of hydrogen-bond acceptors (Lipinski definition) is 3. The molecule has 0 saturated carbocycles. The van der Waals surface area contributed by atoms with Crippen molar-refractivity contribution in [2.45, 2.75) is 25.4 Å². The van der Waals surface area contributed by atoms with Crippen LogP contribution in [0.4, 0.5) is 5.69 Å². The van der Waals surface area contributed by atoms with Crippen molar-refractivity contribution in [2.24, 2.45) is 0 Å². The van der Waals surface area contributed by atoms with Crippen LogP contribution in [0, 0.1) is 0 Å². The first-order valence-electron chi connectivity index (χ1n) is 6.44. The molecule has 19 heavy (non-hydrogen) atoms. The van der Waals surface area contributed by atoms with Gasteiger partial charge in [0.1, 0.15) is 0 Å². The Morgan fingerprint density at radius 2 is 2.16 bits per heavy atom. The van der Waals surface area contributed by atoms with Crippen LogP contribution in [0.15, 0.2) is 18.2 Å². The number of nitrogens with zero attached hydrogens (tertiary/aromatic N) is 1. The van der Waals surface area contributed by atoms with Gasteiger partial charge in [-0.3, -0.25) is 9.59 Å². The van der Waals surface area contributed by atoms with E-state index in [1.165, 1.54) is 4.90 Å². The second-order valence-electron chi connectivity index (χ2n) is 4.89. The van der Waals surface area contributed by atoms with Gasteiger partial charge in [-0.25, -0.2) is 0 Å². The van der Waals surface area contributed by atoms with Crippen molar-refractivity contribution in [3.8, 4) is 0 Å². The molecule has 0 bridgehead atoms. The monoisotopic (exact) mass is 279 g/mol. The normalized spacial score (nSPS) is 22.8. The van der Waals surface area contributed by atoms with Gasteiger partial charge in [0.15, 0.2) is 0 Å². The number of anilines is 1. The van der Waals surface area contributed by atoms with E-state index in [1.54, 1.807) is 18.2 Å². The first-order valence-corrected chi connectivity index (χ1v) is 6.82. The SMILES string of the molecule is O=C1C(=O)N(CC2CCCCO2)c2cc(Cl)ccc21. The molecule has 1 unspecified atom stereocenters.